The number of hydrogen-bond donors (Lipinski definition) is 0. The molecule has 0 aliphatic heterocycles. The summed E-state index contributed by atoms with van der Waals surface area (Å²) in [6, 6.07) is 0. The number of rotatable bonds is 70. The van der Waals surface area contributed by atoms with Gasteiger partial charge in [-0.15, -0.1) is 0 Å². The van der Waals surface area contributed by atoms with Gasteiger partial charge in [-0.3, -0.25) is 9.59 Å². The zero-order chi connectivity index (χ0) is 57.8. The van der Waals surface area contributed by atoms with Crippen LogP contribution in [0.1, 0.15) is 439 Å². The van der Waals surface area contributed by atoms with Gasteiger partial charge in [0.2, 0.25) is 11.8 Å². The molecule has 0 atom stereocenters. The first-order valence-electron chi connectivity index (χ1n) is 37.9. The highest BCUT2D eigenvalue weighted by atomic mass is 16.2. The van der Waals surface area contributed by atoms with E-state index in [-0.39, 0.29) is 11.8 Å². The molecule has 0 aromatic carbocycles. The summed E-state index contributed by atoms with van der Waals surface area (Å²) < 4.78 is 0. The average molecular weight is 1120 g/mol. The molecule has 0 aliphatic rings. The molecule has 0 aromatic heterocycles. The van der Waals surface area contributed by atoms with Crippen molar-refractivity contribution >= 4 is 11.8 Å². The highest BCUT2D eigenvalue weighted by Gasteiger charge is 2.14. The lowest BCUT2D eigenvalue weighted by Gasteiger charge is -2.23. The van der Waals surface area contributed by atoms with Gasteiger partial charge in [0.15, 0.2) is 0 Å². The Bertz CT molecular complexity index is 1040. The summed E-state index contributed by atoms with van der Waals surface area (Å²) in [5.41, 5.74) is 0. The van der Waals surface area contributed by atoms with Crippen LogP contribution in [0.4, 0.5) is 0 Å². The molecule has 0 rings (SSSR count). The lowest BCUT2D eigenvalue weighted by atomic mass is 10.0. The molecule has 0 radical (unpaired) electrons. The van der Waals surface area contributed by atoms with Gasteiger partial charge in [0, 0.05) is 38.3 Å². The van der Waals surface area contributed by atoms with Crippen molar-refractivity contribution in [2.75, 3.05) is 26.2 Å². The molecular weight excluding hydrogens is 973 g/mol. The van der Waals surface area contributed by atoms with E-state index in [1.807, 2.05) is 0 Å². The standard InChI is InChI=1S/C76H150N2O2/c1-5-9-13-17-21-25-29-33-37-41-45-49-53-57-61-65-71-77(72-66-62-58-54-50-46-42-38-34-30-26-22-18-14-10-6-2)75(79)69-70-76(80)78(73-67-63-59-55-51-47-43-39-35-31-27-23-19-15-11-7-3)74-68-64-60-56-52-48-44-40-36-32-28-24-20-16-12-8-4/h69-70H,5-68,71-74H2,1-4H3/b70-69-. The van der Waals surface area contributed by atoms with Crippen LogP contribution in [0.5, 0.6) is 0 Å². The highest BCUT2D eigenvalue weighted by molar-refractivity contribution is 5.96. The zero-order valence-electron chi connectivity index (χ0n) is 55.9. The normalized spacial score (nSPS) is 11.7. The maximum atomic E-state index is 14.0. The van der Waals surface area contributed by atoms with Crippen LogP contribution < -0.4 is 0 Å². The third kappa shape index (κ3) is 62.7. The fourth-order valence-corrected chi connectivity index (χ4v) is 12.4. The van der Waals surface area contributed by atoms with Crippen LogP contribution in [0.15, 0.2) is 12.2 Å². The average Bonchev–Trinajstić information content (AvgIpc) is 3.47. The molecule has 2 amide bonds. The van der Waals surface area contributed by atoms with Crippen molar-refractivity contribution in [1.29, 1.82) is 0 Å². The van der Waals surface area contributed by atoms with Gasteiger partial charge < -0.3 is 9.80 Å². The van der Waals surface area contributed by atoms with E-state index in [0.29, 0.717) is 0 Å². The number of carbonyl (C=O) groups excluding carboxylic acids is 2. The monoisotopic (exact) mass is 1120 g/mol. The molecular formula is C76H150N2O2. The molecule has 0 aromatic rings. The van der Waals surface area contributed by atoms with E-state index in [1.165, 1.54) is 385 Å². The Balaban J connectivity index is 5.06. The van der Waals surface area contributed by atoms with Gasteiger partial charge in [0.1, 0.15) is 0 Å². The van der Waals surface area contributed by atoms with Crippen LogP contribution in [0.25, 0.3) is 0 Å². The van der Waals surface area contributed by atoms with E-state index in [9.17, 15) is 9.59 Å². The number of carbonyl (C=O) groups is 2. The summed E-state index contributed by atoms with van der Waals surface area (Å²) >= 11 is 0. The van der Waals surface area contributed by atoms with E-state index in [4.69, 9.17) is 0 Å². The molecule has 0 aliphatic carbocycles. The fraction of sp³-hybridized carbons (Fsp3) is 0.947. The summed E-state index contributed by atoms with van der Waals surface area (Å²) in [6.07, 6.45) is 90.6. The molecule has 0 fully saturated rings. The van der Waals surface area contributed by atoms with E-state index in [1.54, 1.807) is 12.2 Å². The van der Waals surface area contributed by atoms with Crippen molar-refractivity contribution in [3.8, 4) is 0 Å². The minimum Gasteiger partial charge on any atom is -0.339 e. The first kappa shape index (κ1) is 78.7. The summed E-state index contributed by atoms with van der Waals surface area (Å²) in [6.45, 7) is 12.5. The van der Waals surface area contributed by atoms with Crippen LogP contribution in [-0.4, -0.2) is 47.8 Å². The zero-order valence-corrected chi connectivity index (χ0v) is 55.9. The van der Waals surface area contributed by atoms with E-state index < -0.39 is 0 Å². The summed E-state index contributed by atoms with van der Waals surface area (Å²) in [5.74, 6) is 0.120. The first-order chi connectivity index (χ1) is 39.6. The van der Waals surface area contributed by atoms with Crippen molar-refractivity contribution in [2.24, 2.45) is 0 Å². The first-order valence-corrected chi connectivity index (χ1v) is 37.9. The van der Waals surface area contributed by atoms with Gasteiger partial charge >= 0.3 is 0 Å². The molecule has 0 spiro atoms. The Morgan fingerprint density at radius 1 is 0.175 bits per heavy atom. The van der Waals surface area contributed by atoms with Crippen molar-refractivity contribution in [1.82, 2.24) is 9.80 Å². The Hall–Kier alpha value is -1.32. The third-order valence-corrected chi connectivity index (χ3v) is 18.1. The molecule has 80 heavy (non-hydrogen) atoms. The highest BCUT2D eigenvalue weighted by Crippen LogP contribution is 2.19. The number of nitrogens with zero attached hydrogens (tertiary/aromatic N) is 2. The Kier molecular flexibility index (Phi) is 69.0. The van der Waals surface area contributed by atoms with Crippen LogP contribution >= 0.6 is 0 Å². The summed E-state index contributed by atoms with van der Waals surface area (Å²) in [5, 5.41) is 0. The summed E-state index contributed by atoms with van der Waals surface area (Å²) in [4.78, 5) is 32.1. The van der Waals surface area contributed by atoms with Crippen molar-refractivity contribution in [3.63, 3.8) is 0 Å². The summed E-state index contributed by atoms with van der Waals surface area (Å²) in [7, 11) is 0. The van der Waals surface area contributed by atoms with E-state index >= 15 is 0 Å². The van der Waals surface area contributed by atoms with Crippen molar-refractivity contribution in [2.45, 2.75) is 439 Å². The van der Waals surface area contributed by atoms with E-state index in [0.717, 1.165) is 51.9 Å². The lowest BCUT2D eigenvalue weighted by Crippen LogP contribution is -2.34. The Morgan fingerprint density at radius 3 is 0.388 bits per heavy atom. The predicted octanol–water partition coefficient (Wildman–Crippen LogP) is 26.2. The van der Waals surface area contributed by atoms with Gasteiger partial charge in [0.05, 0.1) is 0 Å². The molecule has 0 bridgehead atoms. The Morgan fingerprint density at radius 2 is 0.275 bits per heavy atom. The van der Waals surface area contributed by atoms with Gasteiger partial charge in [-0.2, -0.15) is 0 Å². The molecule has 0 saturated carbocycles. The second-order valence-corrected chi connectivity index (χ2v) is 26.2. The smallest absolute Gasteiger partial charge is 0.246 e. The molecule has 0 N–H and O–H groups in total. The van der Waals surface area contributed by atoms with Gasteiger partial charge in [-0.1, -0.05) is 413 Å². The largest absolute Gasteiger partial charge is 0.339 e. The topological polar surface area (TPSA) is 40.6 Å². The molecule has 0 unspecified atom stereocenters. The molecule has 476 valence electrons. The van der Waals surface area contributed by atoms with Crippen molar-refractivity contribution < 1.29 is 9.59 Å². The lowest BCUT2D eigenvalue weighted by molar-refractivity contribution is -0.128. The minimum absolute atomic E-state index is 0.0602. The van der Waals surface area contributed by atoms with Crippen LogP contribution in [0.3, 0.4) is 0 Å². The van der Waals surface area contributed by atoms with E-state index in [2.05, 4.69) is 37.5 Å². The van der Waals surface area contributed by atoms with Gasteiger partial charge in [0.25, 0.3) is 0 Å². The molecule has 0 heterocycles. The SMILES string of the molecule is CCCCCCCCCCCCCCCCCCN(CCCCCCCCCCCCCCCCCC)C(=O)/C=C\C(=O)N(CCCCCCCCCCCCCCCCCC)CCCCCCCCCCCCCCCCCC. The second kappa shape index (κ2) is 70.2. The van der Waals surface area contributed by atoms with Crippen LogP contribution in [0, 0.1) is 0 Å². The number of amides is 2. The third-order valence-electron chi connectivity index (χ3n) is 18.1. The van der Waals surface area contributed by atoms with Gasteiger partial charge in [-0.05, 0) is 25.7 Å². The molecule has 0 saturated heterocycles. The van der Waals surface area contributed by atoms with Crippen LogP contribution in [-0.2, 0) is 9.59 Å². The predicted molar refractivity (Wildman–Crippen MR) is 360 cm³/mol. The van der Waals surface area contributed by atoms with Gasteiger partial charge in [-0.25, -0.2) is 0 Å². The number of unbranched alkanes of at least 4 members (excludes halogenated alkanes) is 60. The Labute approximate surface area is 505 Å². The molecule has 4 heteroatoms. The van der Waals surface area contributed by atoms with Crippen molar-refractivity contribution in [3.05, 3.63) is 12.2 Å². The van der Waals surface area contributed by atoms with Crippen LogP contribution in [0.2, 0.25) is 0 Å². The second-order valence-electron chi connectivity index (χ2n) is 26.2. The quantitative estimate of drug-likeness (QED) is 0.0450. The number of hydrogen-bond acceptors (Lipinski definition) is 2. The fourth-order valence-electron chi connectivity index (χ4n) is 12.4. The maximum Gasteiger partial charge on any atom is 0.246 e. The maximum absolute atomic E-state index is 14.0. The minimum atomic E-state index is 0.0602. The molecule has 4 nitrogen and oxygen atoms in total.